The molecule has 0 atom stereocenters. The van der Waals surface area contributed by atoms with Gasteiger partial charge in [-0.05, 0) is 47.5 Å². The Morgan fingerprint density at radius 1 is 1.12 bits per heavy atom. The molecule has 0 aromatic heterocycles. The van der Waals surface area contributed by atoms with Crippen molar-refractivity contribution in [1.29, 1.82) is 5.26 Å². The Morgan fingerprint density at radius 2 is 1.83 bits per heavy atom. The Labute approximate surface area is 148 Å². The highest BCUT2D eigenvalue weighted by atomic mass is 79.9. The fourth-order valence-corrected chi connectivity index (χ4v) is 2.82. The van der Waals surface area contributed by atoms with Crippen LogP contribution in [0.3, 0.4) is 0 Å². The SMILES string of the molecule is COc1ccc(C(C#N)=Cc2cc3c(cc2Br)OCO3)cc1OC. The van der Waals surface area contributed by atoms with Gasteiger partial charge in [-0.15, -0.1) is 0 Å². The van der Waals surface area contributed by atoms with E-state index < -0.39 is 0 Å². The average molecular weight is 388 g/mol. The molecule has 0 amide bonds. The maximum Gasteiger partial charge on any atom is 0.231 e. The van der Waals surface area contributed by atoms with Crippen molar-refractivity contribution >= 4 is 27.6 Å². The van der Waals surface area contributed by atoms with Crippen LogP contribution in [0.1, 0.15) is 11.1 Å². The van der Waals surface area contributed by atoms with E-state index in [1.807, 2.05) is 18.2 Å². The number of benzene rings is 2. The Kier molecular flexibility index (Phi) is 4.63. The van der Waals surface area contributed by atoms with Gasteiger partial charge in [-0.2, -0.15) is 5.26 Å². The molecule has 122 valence electrons. The van der Waals surface area contributed by atoms with Crippen LogP contribution in [-0.4, -0.2) is 21.0 Å². The fraction of sp³-hybridized carbons (Fsp3) is 0.167. The molecule has 0 N–H and O–H groups in total. The van der Waals surface area contributed by atoms with Crippen molar-refractivity contribution in [2.75, 3.05) is 21.0 Å². The van der Waals surface area contributed by atoms with Gasteiger partial charge in [-0.1, -0.05) is 15.9 Å². The number of hydrogen-bond acceptors (Lipinski definition) is 5. The maximum absolute atomic E-state index is 9.55. The second-order valence-electron chi connectivity index (χ2n) is 4.97. The first-order valence-electron chi connectivity index (χ1n) is 7.09. The van der Waals surface area contributed by atoms with Gasteiger partial charge in [0.1, 0.15) is 0 Å². The summed E-state index contributed by atoms with van der Waals surface area (Å²) in [5.74, 6) is 2.53. The monoisotopic (exact) mass is 387 g/mol. The van der Waals surface area contributed by atoms with Crippen molar-refractivity contribution in [3.8, 4) is 29.1 Å². The standard InChI is InChI=1S/C18H14BrNO4/c1-21-15-4-3-11(6-16(15)22-2)13(9-20)5-12-7-17-18(8-14(12)19)24-10-23-17/h3-8H,10H2,1-2H3. The smallest absolute Gasteiger partial charge is 0.231 e. The van der Waals surface area contributed by atoms with E-state index >= 15 is 0 Å². The summed E-state index contributed by atoms with van der Waals surface area (Å²) in [6.07, 6.45) is 1.79. The molecule has 2 aromatic rings. The Bertz CT molecular complexity index is 855. The Balaban J connectivity index is 2.03. The van der Waals surface area contributed by atoms with E-state index in [4.69, 9.17) is 18.9 Å². The van der Waals surface area contributed by atoms with Crippen LogP contribution < -0.4 is 18.9 Å². The molecule has 2 aromatic carbocycles. The van der Waals surface area contributed by atoms with Gasteiger partial charge >= 0.3 is 0 Å². The molecule has 24 heavy (non-hydrogen) atoms. The van der Waals surface area contributed by atoms with Crippen molar-refractivity contribution in [3.63, 3.8) is 0 Å². The maximum atomic E-state index is 9.55. The third-order valence-corrected chi connectivity index (χ3v) is 4.29. The largest absolute Gasteiger partial charge is 0.493 e. The van der Waals surface area contributed by atoms with Crippen molar-refractivity contribution < 1.29 is 18.9 Å². The molecule has 1 aliphatic heterocycles. The molecule has 0 fully saturated rings. The fourth-order valence-electron chi connectivity index (χ4n) is 2.38. The third kappa shape index (κ3) is 3.03. The van der Waals surface area contributed by atoms with E-state index in [1.165, 1.54) is 0 Å². The lowest BCUT2D eigenvalue weighted by molar-refractivity contribution is 0.174. The Hall–Kier alpha value is -2.65. The minimum absolute atomic E-state index is 0.204. The van der Waals surface area contributed by atoms with Crippen molar-refractivity contribution in [2.45, 2.75) is 0 Å². The zero-order chi connectivity index (χ0) is 17.1. The zero-order valence-corrected chi connectivity index (χ0v) is 14.7. The topological polar surface area (TPSA) is 60.7 Å². The van der Waals surface area contributed by atoms with E-state index in [0.717, 1.165) is 15.6 Å². The summed E-state index contributed by atoms with van der Waals surface area (Å²) >= 11 is 3.50. The molecule has 1 aliphatic rings. The lowest BCUT2D eigenvalue weighted by atomic mass is 10.0. The number of ether oxygens (including phenoxy) is 4. The molecular weight excluding hydrogens is 374 g/mol. The van der Waals surface area contributed by atoms with E-state index in [-0.39, 0.29) is 6.79 Å². The predicted molar refractivity (Wildman–Crippen MR) is 93.3 cm³/mol. The zero-order valence-electron chi connectivity index (χ0n) is 13.1. The molecule has 0 radical (unpaired) electrons. The van der Waals surface area contributed by atoms with Crippen molar-refractivity contribution in [2.24, 2.45) is 0 Å². The van der Waals surface area contributed by atoms with E-state index in [0.29, 0.717) is 28.6 Å². The van der Waals surface area contributed by atoms with Crippen LogP contribution in [0.2, 0.25) is 0 Å². The lowest BCUT2D eigenvalue weighted by Crippen LogP contribution is -1.93. The third-order valence-electron chi connectivity index (χ3n) is 3.61. The molecule has 0 bridgehead atoms. The van der Waals surface area contributed by atoms with Gasteiger partial charge in [0.25, 0.3) is 0 Å². The number of rotatable bonds is 4. The summed E-state index contributed by atoms with van der Waals surface area (Å²) in [7, 11) is 3.13. The average Bonchev–Trinajstić information content (AvgIpc) is 3.06. The normalized spacial score (nSPS) is 12.7. The van der Waals surface area contributed by atoms with Gasteiger partial charge in [0, 0.05) is 4.47 Å². The first-order valence-corrected chi connectivity index (χ1v) is 7.89. The van der Waals surface area contributed by atoms with Gasteiger partial charge in [-0.3, -0.25) is 0 Å². The van der Waals surface area contributed by atoms with Crippen LogP contribution in [0.5, 0.6) is 23.0 Å². The first-order chi connectivity index (χ1) is 11.7. The predicted octanol–water partition coefficient (Wildman–Crippen LogP) is 4.26. The van der Waals surface area contributed by atoms with E-state index in [2.05, 4.69) is 22.0 Å². The minimum Gasteiger partial charge on any atom is -0.493 e. The van der Waals surface area contributed by atoms with Gasteiger partial charge in [0.15, 0.2) is 23.0 Å². The second kappa shape index (κ2) is 6.85. The van der Waals surface area contributed by atoms with Crippen LogP contribution in [-0.2, 0) is 0 Å². The van der Waals surface area contributed by atoms with Crippen LogP contribution in [0, 0.1) is 11.3 Å². The number of methoxy groups -OCH3 is 2. The van der Waals surface area contributed by atoms with Crippen LogP contribution in [0.4, 0.5) is 0 Å². The lowest BCUT2D eigenvalue weighted by Gasteiger charge is -2.09. The molecule has 5 nitrogen and oxygen atoms in total. The van der Waals surface area contributed by atoms with Crippen molar-refractivity contribution in [3.05, 3.63) is 45.9 Å². The summed E-state index contributed by atoms with van der Waals surface area (Å²) < 4.78 is 22.1. The molecule has 0 saturated heterocycles. The number of hydrogen-bond donors (Lipinski definition) is 0. The van der Waals surface area contributed by atoms with E-state index in [1.54, 1.807) is 32.4 Å². The molecule has 0 aliphatic carbocycles. The summed E-state index contributed by atoms with van der Waals surface area (Å²) in [4.78, 5) is 0. The summed E-state index contributed by atoms with van der Waals surface area (Å²) in [5, 5.41) is 9.55. The molecule has 3 rings (SSSR count). The molecule has 6 heteroatoms. The molecule has 0 spiro atoms. The first kappa shape index (κ1) is 16.2. The Morgan fingerprint density at radius 3 is 2.50 bits per heavy atom. The molecular formula is C18H14BrNO4. The van der Waals surface area contributed by atoms with E-state index in [9.17, 15) is 5.26 Å². The van der Waals surface area contributed by atoms with Crippen LogP contribution in [0.25, 0.3) is 11.6 Å². The van der Waals surface area contributed by atoms with Crippen LogP contribution in [0.15, 0.2) is 34.8 Å². The highest BCUT2D eigenvalue weighted by molar-refractivity contribution is 9.10. The molecule has 1 heterocycles. The summed E-state index contributed by atoms with van der Waals surface area (Å²) in [6, 6.07) is 11.3. The second-order valence-corrected chi connectivity index (χ2v) is 5.82. The van der Waals surface area contributed by atoms with Crippen LogP contribution >= 0.6 is 15.9 Å². The van der Waals surface area contributed by atoms with Crippen molar-refractivity contribution in [1.82, 2.24) is 0 Å². The number of nitrogens with zero attached hydrogens (tertiary/aromatic N) is 1. The minimum atomic E-state index is 0.204. The summed E-state index contributed by atoms with van der Waals surface area (Å²) in [6.45, 7) is 0.204. The van der Waals surface area contributed by atoms with Gasteiger partial charge in [-0.25, -0.2) is 0 Å². The number of allylic oxidation sites excluding steroid dienone is 1. The summed E-state index contributed by atoms with van der Waals surface area (Å²) in [5.41, 5.74) is 2.06. The molecule has 0 saturated carbocycles. The van der Waals surface area contributed by atoms with Gasteiger partial charge in [0.2, 0.25) is 6.79 Å². The number of halogens is 1. The molecule has 0 unspecified atom stereocenters. The number of fused-ring (bicyclic) bond motifs is 1. The highest BCUT2D eigenvalue weighted by Gasteiger charge is 2.16. The quantitative estimate of drug-likeness (QED) is 0.579. The van der Waals surface area contributed by atoms with Gasteiger partial charge in [0.05, 0.1) is 25.9 Å². The number of nitriles is 1. The van der Waals surface area contributed by atoms with Gasteiger partial charge < -0.3 is 18.9 Å². The highest BCUT2D eigenvalue weighted by Crippen LogP contribution is 2.38.